The van der Waals surface area contributed by atoms with Crippen LogP contribution >= 0.6 is 0 Å². The van der Waals surface area contributed by atoms with Crippen molar-refractivity contribution in [3.05, 3.63) is 69.8 Å². The summed E-state index contributed by atoms with van der Waals surface area (Å²) in [6.45, 7) is 1.87. The first kappa shape index (κ1) is 30.2. The molecule has 0 aromatic heterocycles. The van der Waals surface area contributed by atoms with Gasteiger partial charge < -0.3 is 25.1 Å². The van der Waals surface area contributed by atoms with Crippen molar-refractivity contribution in [3.63, 3.8) is 0 Å². The molecule has 2 aliphatic carbocycles. The maximum atomic E-state index is 13.5. The zero-order chi connectivity index (χ0) is 31.2. The van der Waals surface area contributed by atoms with E-state index in [2.05, 4.69) is 11.4 Å². The van der Waals surface area contributed by atoms with E-state index in [4.69, 9.17) is 0 Å². The molecule has 4 atom stereocenters. The lowest BCUT2D eigenvalue weighted by molar-refractivity contribution is -0.142. The van der Waals surface area contributed by atoms with Gasteiger partial charge in [0.1, 0.15) is 11.5 Å². The van der Waals surface area contributed by atoms with Crippen LogP contribution in [0.5, 0.6) is 0 Å². The average molecular weight is 586 g/mol. The van der Waals surface area contributed by atoms with Crippen molar-refractivity contribution in [1.29, 1.82) is 5.26 Å². The first-order chi connectivity index (χ1) is 20.4. The van der Waals surface area contributed by atoms with Crippen LogP contribution in [0.15, 0.2) is 36.4 Å². The molecule has 10 nitrogen and oxygen atoms in total. The lowest BCUT2D eigenvalue weighted by Crippen LogP contribution is -2.48. The Kier molecular flexibility index (Phi) is 8.05. The van der Waals surface area contributed by atoms with Gasteiger partial charge in [-0.05, 0) is 91.5 Å². The minimum atomic E-state index is -1.50. The predicted molar refractivity (Wildman–Crippen MR) is 160 cm³/mol. The summed E-state index contributed by atoms with van der Waals surface area (Å²) in [5.41, 5.74) is 2.19. The Labute approximate surface area is 252 Å². The topological polar surface area (TPSA) is 134 Å². The van der Waals surface area contributed by atoms with Gasteiger partial charge in [-0.2, -0.15) is 5.26 Å². The summed E-state index contributed by atoms with van der Waals surface area (Å²) in [6, 6.07) is 12.0. The number of carbonyl (C=O) groups is 4. The lowest BCUT2D eigenvalue weighted by atomic mass is 9.68. The van der Waals surface area contributed by atoms with E-state index in [-0.39, 0.29) is 36.7 Å². The number of rotatable bonds is 8. The minimum absolute atomic E-state index is 0.00449. The van der Waals surface area contributed by atoms with Crippen molar-refractivity contribution in [3.8, 4) is 6.07 Å². The third-order valence-electron chi connectivity index (χ3n) is 9.22. The number of aliphatic carboxylic acids is 1. The van der Waals surface area contributed by atoms with Crippen molar-refractivity contribution >= 4 is 23.7 Å². The molecule has 2 aromatic carbocycles. The normalized spacial score (nSPS) is 21.8. The van der Waals surface area contributed by atoms with Gasteiger partial charge in [-0.3, -0.25) is 19.2 Å². The maximum Gasteiger partial charge on any atom is 0.318 e. The predicted octanol–water partition coefficient (Wildman–Crippen LogP) is 2.44. The number of nitrogens with zero attached hydrogens (tertiary/aromatic N) is 4. The first-order valence-corrected chi connectivity index (χ1v) is 14.8. The van der Waals surface area contributed by atoms with Gasteiger partial charge in [-0.15, -0.1) is 0 Å². The minimum Gasteiger partial charge on any atom is -0.480 e. The molecule has 3 amide bonds. The third-order valence-corrected chi connectivity index (χ3v) is 9.22. The van der Waals surface area contributed by atoms with Crippen LogP contribution in [0.1, 0.15) is 69.2 Å². The SMILES string of the molecule is C[C@@H](CC1(C(=O)O)c2ccc(C(=O)N(C)C)cc2CCc2cc(C(=O)N(C)C)ccc21)NCC(=O)N1C(C#N)C[C@@H]2C[C@@H]21. The number of benzene rings is 2. The maximum absolute atomic E-state index is 13.5. The highest BCUT2D eigenvalue weighted by Crippen LogP contribution is 2.48. The summed E-state index contributed by atoms with van der Waals surface area (Å²) in [6.07, 6.45) is 2.78. The van der Waals surface area contributed by atoms with E-state index in [0.717, 1.165) is 24.0 Å². The molecule has 2 aromatic rings. The first-order valence-electron chi connectivity index (χ1n) is 14.8. The molecular formula is C33H39N5O5. The molecule has 1 unspecified atom stereocenters. The van der Waals surface area contributed by atoms with Crippen molar-refractivity contribution in [2.75, 3.05) is 34.7 Å². The van der Waals surface area contributed by atoms with Gasteiger partial charge in [-0.25, -0.2) is 0 Å². The number of likely N-dealkylation sites (tertiary alicyclic amines) is 1. The lowest BCUT2D eigenvalue weighted by Gasteiger charge is -2.35. The molecule has 3 aliphatic rings. The number of nitrogens with one attached hydrogen (secondary N) is 1. The molecule has 2 N–H and O–H groups in total. The highest BCUT2D eigenvalue weighted by atomic mass is 16.4. The fraction of sp³-hybridized carbons (Fsp3) is 0.485. The van der Waals surface area contributed by atoms with E-state index >= 15 is 0 Å². The standard InChI is InChI=1S/C33H39N5O5/c1-19(35-18-29(39)38-25(17-34)14-24-15-28(24)38)16-33(32(42)43)26-10-8-22(30(40)36(2)3)12-20(26)6-7-21-13-23(9-11-27(21)33)31(41)37(4)5/h8-13,19,24-25,28,35H,6-7,14-16,18H2,1-5H3,(H,42,43)/t19-,24+,25?,28-/m0/s1. The molecule has 1 heterocycles. The number of piperidine rings is 1. The van der Waals surface area contributed by atoms with Gasteiger partial charge in [0.2, 0.25) is 5.91 Å². The van der Waals surface area contributed by atoms with Crippen LogP contribution in [-0.4, -0.2) is 96.4 Å². The summed E-state index contributed by atoms with van der Waals surface area (Å²) in [4.78, 5) is 57.0. The van der Waals surface area contributed by atoms with Crippen molar-refractivity contribution in [2.45, 2.75) is 62.6 Å². The third kappa shape index (κ3) is 5.38. The fourth-order valence-corrected chi connectivity index (χ4v) is 6.98. The summed E-state index contributed by atoms with van der Waals surface area (Å²) in [5, 5.41) is 23.8. The second-order valence-corrected chi connectivity index (χ2v) is 12.6. The molecule has 1 saturated heterocycles. The summed E-state index contributed by atoms with van der Waals surface area (Å²) in [5.74, 6) is -1.12. The molecule has 2 fully saturated rings. The van der Waals surface area contributed by atoms with Crippen molar-refractivity contribution in [1.82, 2.24) is 20.0 Å². The van der Waals surface area contributed by atoms with Crippen LogP contribution < -0.4 is 5.32 Å². The van der Waals surface area contributed by atoms with Crippen LogP contribution in [-0.2, 0) is 27.8 Å². The highest BCUT2D eigenvalue weighted by molar-refractivity contribution is 5.96. The van der Waals surface area contributed by atoms with E-state index in [1.165, 1.54) is 9.80 Å². The van der Waals surface area contributed by atoms with Crippen LogP contribution in [0.25, 0.3) is 0 Å². The molecule has 0 bridgehead atoms. The van der Waals surface area contributed by atoms with Crippen LogP contribution in [0.3, 0.4) is 0 Å². The quantitative estimate of drug-likeness (QED) is 0.486. The molecule has 10 heteroatoms. The van der Waals surface area contributed by atoms with Crippen LogP contribution in [0.2, 0.25) is 0 Å². The second-order valence-electron chi connectivity index (χ2n) is 12.6. The molecule has 5 rings (SSSR count). The Morgan fingerprint density at radius 1 is 0.977 bits per heavy atom. The number of hydrogen-bond donors (Lipinski definition) is 2. The summed E-state index contributed by atoms with van der Waals surface area (Å²) < 4.78 is 0. The number of carboxylic acids is 1. The number of fused-ring (bicyclic) bond motifs is 3. The van der Waals surface area contributed by atoms with Crippen LogP contribution in [0.4, 0.5) is 0 Å². The Hall–Kier alpha value is -4.23. The zero-order valence-electron chi connectivity index (χ0n) is 25.4. The van der Waals surface area contributed by atoms with Gasteiger partial charge in [-0.1, -0.05) is 12.1 Å². The van der Waals surface area contributed by atoms with Gasteiger partial charge in [0.15, 0.2) is 0 Å². The molecule has 226 valence electrons. The van der Waals surface area contributed by atoms with Gasteiger partial charge in [0, 0.05) is 51.4 Å². The van der Waals surface area contributed by atoms with Gasteiger partial charge in [0.05, 0.1) is 12.6 Å². The number of aryl methyl sites for hydroxylation is 2. The molecular weight excluding hydrogens is 546 g/mol. The Morgan fingerprint density at radius 3 is 1.98 bits per heavy atom. The fourth-order valence-electron chi connectivity index (χ4n) is 6.98. The van der Waals surface area contributed by atoms with E-state index in [1.807, 2.05) is 6.92 Å². The monoisotopic (exact) mass is 585 g/mol. The number of nitriles is 1. The van der Waals surface area contributed by atoms with Crippen LogP contribution in [0, 0.1) is 17.2 Å². The second kappa shape index (κ2) is 11.5. The van der Waals surface area contributed by atoms with E-state index < -0.39 is 23.5 Å². The average Bonchev–Trinajstić information content (AvgIpc) is 3.67. The summed E-state index contributed by atoms with van der Waals surface area (Å²) >= 11 is 0. The Balaban J connectivity index is 1.52. The highest BCUT2D eigenvalue weighted by Gasteiger charge is 2.54. The number of carboxylic acid groups (broad SMARTS) is 1. The summed E-state index contributed by atoms with van der Waals surface area (Å²) in [7, 11) is 6.70. The zero-order valence-corrected chi connectivity index (χ0v) is 25.4. The van der Waals surface area contributed by atoms with E-state index in [0.29, 0.717) is 41.0 Å². The molecule has 1 saturated carbocycles. The molecule has 43 heavy (non-hydrogen) atoms. The van der Waals surface area contributed by atoms with Gasteiger partial charge in [0.25, 0.3) is 11.8 Å². The Bertz CT molecular complexity index is 1450. The van der Waals surface area contributed by atoms with Crippen molar-refractivity contribution < 1.29 is 24.3 Å². The number of amides is 3. The number of hydrogen-bond acceptors (Lipinski definition) is 6. The van der Waals surface area contributed by atoms with Crippen molar-refractivity contribution in [2.24, 2.45) is 5.92 Å². The molecule has 0 radical (unpaired) electrons. The largest absolute Gasteiger partial charge is 0.480 e. The Morgan fingerprint density at radius 2 is 1.51 bits per heavy atom. The van der Waals surface area contributed by atoms with Gasteiger partial charge >= 0.3 is 5.97 Å². The van der Waals surface area contributed by atoms with E-state index in [1.54, 1.807) is 69.5 Å². The number of carbonyl (C=O) groups excluding carboxylic acids is 3. The molecule has 1 aliphatic heterocycles. The smallest absolute Gasteiger partial charge is 0.318 e. The molecule has 0 spiro atoms. The van der Waals surface area contributed by atoms with E-state index in [9.17, 15) is 29.5 Å².